The molecule has 2 unspecified atom stereocenters. The third-order valence-electron chi connectivity index (χ3n) is 3.28. The third kappa shape index (κ3) is 4.55. The summed E-state index contributed by atoms with van der Waals surface area (Å²) in [4.78, 5) is 0. The van der Waals surface area contributed by atoms with E-state index in [-0.39, 0.29) is 17.7 Å². The van der Waals surface area contributed by atoms with Gasteiger partial charge in [-0.1, -0.05) is 26.3 Å². The lowest BCUT2D eigenvalue weighted by atomic mass is 9.97. The largest absolute Gasteiger partial charge is 0.380 e. The van der Waals surface area contributed by atoms with Gasteiger partial charge in [-0.15, -0.1) is 0 Å². The van der Waals surface area contributed by atoms with Crippen molar-refractivity contribution < 1.29 is 13.5 Å². The van der Waals surface area contributed by atoms with Crippen LogP contribution >= 0.6 is 0 Å². The summed E-state index contributed by atoms with van der Waals surface area (Å²) in [6.07, 6.45) is 2.10. The minimum atomic E-state index is -0.491. The standard InChI is InChI=1S/C15H23F2NO/c1-4-7-15(19-3)14(18-5-2)10-11-12(16)8-6-9-13(11)17/h6,8-9,14-15,18H,4-5,7,10H2,1-3H3. The van der Waals surface area contributed by atoms with E-state index in [1.807, 2.05) is 6.92 Å². The number of hydrogen-bond acceptors (Lipinski definition) is 2. The van der Waals surface area contributed by atoms with E-state index in [9.17, 15) is 8.78 Å². The Kier molecular flexibility index (Phi) is 6.95. The molecule has 0 aliphatic carbocycles. The zero-order valence-corrected chi connectivity index (χ0v) is 11.9. The smallest absolute Gasteiger partial charge is 0.129 e. The van der Waals surface area contributed by atoms with Crippen molar-refractivity contribution in [3.63, 3.8) is 0 Å². The molecule has 1 aromatic carbocycles. The highest BCUT2D eigenvalue weighted by Crippen LogP contribution is 2.18. The van der Waals surface area contributed by atoms with Crippen LogP contribution in [0.4, 0.5) is 8.78 Å². The Hall–Kier alpha value is -1.00. The van der Waals surface area contributed by atoms with Crippen molar-refractivity contribution in [1.29, 1.82) is 0 Å². The first-order valence-electron chi connectivity index (χ1n) is 6.83. The average molecular weight is 271 g/mol. The summed E-state index contributed by atoms with van der Waals surface area (Å²) in [5.74, 6) is -0.983. The van der Waals surface area contributed by atoms with E-state index >= 15 is 0 Å². The van der Waals surface area contributed by atoms with Crippen molar-refractivity contribution in [2.75, 3.05) is 13.7 Å². The fraction of sp³-hybridized carbons (Fsp3) is 0.600. The topological polar surface area (TPSA) is 21.3 Å². The predicted molar refractivity (Wildman–Crippen MR) is 73.2 cm³/mol. The Morgan fingerprint density at radius 3 is 2.32 bits per heavy atom. The summed E-state index contributed by atoms with van der Waals surface area (Å²) >= 11 is 0. The van der Waals surface area contributed by atoms with Crippen molar-refractivity contribution in [3.8, 4) is 0 Å². The molecule has 0 radical (unpaired) electrons. The lowest BCUT2D eigenvalue weighted by Gasteiger charge is -2.27. The molecule has 4 heteroatoms. The van der Waals surface area contributed by atoms with Crippen molar-refractivity contribution in [3.05, 3.63) is 35.4 Å². The van der Waals surface area contributed by atoms with E-state index in [2.05, 4.69) is 12.2 Å². The van der Waals surface area contributed by atoms with Crippen molar-refractivity contribution in [1.82, 2.24) is 5.32 Å². The molecule has 0 aliphatic rings. The minimum Gasteiger partial charge on any atom is -0.380 e. The highest BCUT2D eigenvalue weighted by atomic mass is 19.1. The molecule has 19 heavy (non-hydrogen) atoms. The predicted octanol–water partition coefficient (Wildman–Crippen LogP) is 3.30. The summed E-state index contributed by atoms with van der Waals surface area (Å²) in [6, 6.07) is 3.89. The summed E-state index contributed by atoms with van der Waals surface area (Å²) < 4.78 is 32.8. The number of halogens is 2. The van der Waals surface area contributed by atoms with E-state index in [1.54, 1.807) is 7.11 Å². The van der Waals surface area contributed by atoms with Crippen LogP contribution in [0.5, 0.6) is 0 Å². The number of benzene rings is 1. The van der Waals surface area contributed by atoms with Gasteiger partial charge in [-0.3, -0.25) is 0 Å². The Morgan fingerprint density at radius 2 is 1.84 bits per heavy atom. The maximum Gasteiger partial charge on any atom is 0.129 e. The molecule has 108 valence electrons. The number of nitrogens with one attached hydrogen (secondary N) is 1. The lowest BCUT2D eigenvalue weighted by molar-refractivity contribution is 0.0609. The number of hydrogen-bond donors (Lipinski definition) is 1. The second-order valence-electron chi connectivity index (χ2n) is 4.63. The molecule has 1 aromatic rings. The van der Waals surface area contributed by atoms with Crippen LogP contribution in [-0.2, 0) is 11.2 Å². The van der Waals surface area contributed by atoms with Crippen LogP contribution in [-0.4, -0.2) is 25.8 Å². The van der Waals surface area contributed by atoms with Crippen LogP contribution in [0.1, 0.15) is 32.3 Å². The molecule has 0 bridgehead atoms. The third-order valence-corrected chi connectivity index (χ3v) is 3.28. The normalized spacial score (nSPS) is 14.4. The van der Waals surface area contributed by atoms with E-state index in [0.29, 0.717) is 6.42 Å². The van der Waals surface area contributed by atoms with Gasteiger partial charge < -0.3 is 10.1 Å². The van der Waals surface area contributed by atoms with Gasteiger partial charge >= 0.3 is 0 Å². The molecule has 0 fully saturated rings. The fourth-order valence-corrected chi connectivity index (χ4v) is 2.31. The van der Waals surface area contributed by atoms with Gasteiger partial charge in [0.15, 0.2) is 0 Å². The van der Waals surface area contributed by atoms with Crippen molar-refractivity contribution >= 4 is 0 Å². The molecule has 1 rings (SSSR count). The molecule has 0 saturated carbocycles. The summed E-state index contributed by atoms with van der Waals surface area (Å²) in [5, 5.41) is 3.26. The van der Waals surface area contributed by atoms with E-state index < -0.39 is 11.6 Å². The van der Waals surface area contributed by atoms with E-state index in [1.165, 1.54) is 18.2 Å². The molecule has 2 atom stereocenters. The van der Waals surface area contributed by atoms with Crippen molar-refractivity contribution in [2.45, 2.75) is 45.3 Å². The van der Waals surface area contributed by atoms with Crippen molar-refractivity contribution in [2.24, 2.45) is 0 Å². The molecule has 2 nitrogen and oxygen atoms in total. The zero-order chi connectivity index (χ0) is 14.3. The molecule has 0 amide bonds. The van der Waals surface area contributed by atoms with Gasteiger partial charge in [0.1, 0.15) is 11.6 Å². The van der Waals surface area contributed by atoms with E-state index in [4.69, 9.17) is 4.74 Å². The molecular weight excluding hydrogens is 248 g/mol. The molecule has 0 aromatic heterocycles. The van der Waals surface area contributed by atoms with Crippen LogP contribution in [0.3, 0.4) is 0 Å². The molecule has 0 heterocycles. The Bertz CT molecular complexity index is 364. The van der Waals surface area contributed by atoms with Crippen LogP contribution in [0.2, 0.25) is 0 Å². The first-order chi connectivity index (χ1) is 9.13. The lowest BCUT2D eigenvalue weighted by Crippen LogP contribution is -2.42. The van der Waals surface area contributed by atoms with Gasteiger partial charge in [-0.05, 0) is 31.5 Å². The second kappa shape index (κ2) is 8.23. The van der Waals surface area contributed by atoms with Gasteiger partial charge in [0.05, 0.1) is 6.10 Å². The summed E-state index contributed by atoms with van der Waals surface area (Å²) in [5.41, 5.74) is 0.131. The average Bonchev–Trinajstić information content (AvgIpc) is 2.39. The maximum atomic E-state index is 13.7. The van der Waals surface area contributed by atoms with Crippen LogP contribution in [0.15, 0.2) is 18.2 Å². The van der Waals surface area contributed by atoms with Gasteiger partial charge in [-0.2, -0.15) is 0 Å². The van der Waals surface area contributed by atoms with Gasteiger partial charge in [0.25, 0.3) is 0 Å². The Morgan fingerprint density at radius 1 is 1.21 bits per heavy atom. The minimum absolute atomic E-state index is 0.0380. The Labute approximate surface area is 114 Å². The molecule has 0 aliphatic heterocycles. The molecule has 0 spiro atoms. The second-order valence-corrected chi connectivity index (χ2v) is 4.63. The quantitative estimate of drug-likeness (QED) is 0.783. The SMILES string of the molecule is CCCC(OC)C(Cc1c(F)cccc1F)NCC. The highest BCUT2D eigenvalue weighted by molar-refractivity contribution is 5.21. The Balaban J connectivity index is 2.88. The van der Waals surface area contributed by atoms with E-state index in [0.717, 1.165) is 19.4 Å². The number of ether oxygens (including phenoxy) is 1. The first-order valence-corrected chi connectivity index (χ1v) is 6.83. The maximum absolute atomic E-state index is 13.7. The summed E-state index contributed by atoms with van der Waals surface area (Å²) in [7, 11) is 1.64. The number of likely N-dealkylation sites (N-methyl/N-ethyl adjacent to an activating group) is 1. The monoisotopic (exact) mass is 271 g/mol. The molecule has 0 saturated heterocycles. The summed E-state index contributed by atoms with van der Waals surface area (Å²) in [6.45, 7) is 4.78. The highest BCUT2D eigenvalue weighted by Gasteiger charge is 2.22. The van der Waals surface area contributed by atoms with Gasteiger partial charge in [0.2, 0.25) is 0 Å². The van der Waals surface area contributed by atoms with Crippen LogP contribution in [0.25, 0.3) is 0 Å². The fourth-order valence-electron chi connectivity index (χ4n) is 2.31. The first kappa shape index (κ1) is 16.1. The molecular formula is C15H23F2NO. The zero-order valence-electron chi connectivity index (χ0n) is 11.9. The number of methoxy groups -OCH3 is 1. The van der Waals surface area contributed by atoms with Crippen LogP contribution in [0, 0.1) is 11.6 Å². The number of rotatable bonds is 8. The molecule has 1 N–H and O–H groups in total. The van der Waals surface area contributed by atoms with Gasteiger partial charge in [0, 0.05) is 18.7 Å². The van der Waals surface area contributed by atoms with Crippen LogP contribution < -0.4 is 5.32 Å². The van der Waals surface area contributed by atoms with Gasteiger partial charge in [-0.25, -0.2) is 8.78 Å².